The first-order valence-corrected chi connectivity index (χ1v) is 27.1. The van der Waals surface area contributed by atoms with Crippen LogP contribution in [0.3, 0.4) is 0 Å². The first kappa shape index (κ1) is 60.3. The van der Waals surface area contributed by atoms with Crippen molar-refractivity contribution in [1.82, 2.24) is 0 Å². The van der Waals surface area contributed by atoms with Crippen molar-refractivity contribution in [2.24, 2.45) is 0 Å². The number of ether oxygens (including phenoxy) is 3. The first-order valence-electron chi connectivity index (χ1n) is 27.1. The van der Waals surface area contributed by atoms with E-state index in [0.717, 1.165) is 38.5 Å². The van der Waals surface area contributed by atoms with Crippen LogP contribution in [0.25, 0.3) is 0 Å². The van der Waals surface area contributed by atoms with Crippen molar-refractivity contribution in [3.8, 4) is 0 Å². The molecule has 2 atom stereocenters. The molecular formula is C54H105NO7. The second-order valence-electron chi connectivity index (χ2n) is 19.8. The molecule has 2 unspecified atom stereocenters. The van der Waals surface area contributed by atoms with Gasteiger partial charge >= 0.3 is 11.9 Å². The van der Waals surface area contributed by atoms with E-state index in [9.17, 15) is 19.5 Å². The van der Waals surface area contributed by atoms with Crippen molar-refractivity contribution in [2.45, 2.75) is 289 Å². The molecule has 0 saturated heterocycles. The van der Waals surface area contributed by atoms with Crippen LogP contribution in [0.4, 0.5) is 0 Å². The molecule has 0 aromatic rings. The van der Waals surface area contributed by atoms with Crippen molar-refractivity contribution in [3.63, 3.8) is 0 Å². The summed E-state index contributed by atoms with van der Waals surface area (Å²) in [5.74, 6) is -1.70. The van der Waals surface area contributed by atoms with Gasteiger partial charge in [0.15, 0.2) is 6.10 Å². The van der Waals surface area contributed by atoms with Gasteiger partial charge in [-0.3, -0.25) is 9.59 Å². The predicted molar refractivity (Wildman–Crippen MR) is 259 cm³/mol. The molecular weight excluding hydrogens is 775 g/mol. The van der Waals surface area contributed by atoms with Crippen LogP contribution >= 0.6 is 0 Å². The lowest BCUT2D eigenvalue weighted by atomic mass is 10.0. The van der Waals surface area contributed by atoms with E-state index in [-0.39, 0.29) is 42.7 Å². The quantitative estimate of drug-likeness (QED) is 0.0341. The zero-order valence-corrected chi connectivity index (χ0v) is 42.1. The van der Waals surface area contributed by atoms with Crippen molar-refractivity contribution in [2.75, 3.05) is 41.0 Å². The fraction of sp³-hybridized carbons (Fsp3) is 0.944. The zero-order chi connectivity index (χ0) is 45.6. The van der Waals surface area contributed by atoms with Gasteiger partial charge in [0, 0.05) is 19.3 Å². The summed E-state index contributed by atoms with van der Waals surface area (Å²) in [5.41, 5.74) is 0. The number of carboxylic acids is 1. The van der Waals surface area contributed by atoms with Gasteiger partial charge < -0.3 is 28.6 Å². The van der Waals surface area contributed by atoms with Gasteiger partial charge in [0.25, 0.3) is 0 Å². The van der Waals surface area contributed by atoms with Crippen LogP contribution < -0.4 is 5.11 Å². The van der Waals surface area contributed by atoms with E-state index in [1.54, 1.807) is 0 Å². The zero-order valence-electron chi connectivity index (χ0n) is 42.1. The van der Waals surface area contributed by atoms with Gasteiger partial charge in [-0.1, -0.05) is 245 Å². The Balaban J connectivity index is 4.12. The number of carboxylic acid groups (broad SMARTS) is 1. The summed E-state index contributed by atoms with van der Waals surface area (Å²) in [6, 6.07) is -0.720. The average molecular weight is 880 g/mol. The third-order valence-corrected chi connectivity index (χ3v) is 12.7. The van der Waals surface area contributed by atoms with E-state index < -0.39 is 18.1 Å². The van der Waals surface area contributed by atoms with Crippen LogP contribution in [0.1, 0.15) is 277 Å². The van der Waals surface area contributed by atoms with Crippen molar-refractivity contribution < 1.29 is 38.2 Å². The van der Waals surface area contributed by atoms with E-state index in [1.165, 1.54) is 205 Å². The lowest BCUT2D eigenvalue weighted by Gasteiger charge is -2.34. The molecule has 62 heavy (non-hydrogen) atoms. The van der Waals surface area contributed by atoms with Gasteiger partial charge in [0.1, 0.15) is 12.6 Å². The Labute approximate surface area is 385 Å². The molecule has 0 fully saturated rings. The van der Waals surface area contributed by atoms with Crippen LogP contribution in [0, 0.1) is 0 Å². The monoisotopic (exact) mass is 880 g/mol. The maximum absolute atomic E-state index is 12.8. The number of carbonyl (C=O) groups excluding carboxylic acids is 3. The van der Waals surface area contributed by atoms with E-state index in [0.29, 0.717) is 12.8 Å². The van der Waals surface area contributed by atoms with Crippen LogP contribution in [-0.2, 0) is 28.6 Å². The highest BCUT2D eigenvalue weighted by Crippen LogP contribution is 2.17. The second kappa shape index (κ2) is 45.9. The van der Waals surface area contributed by atoms with Crippen molar-refractivity contribution in [3.05, 3.63) is 0 Å². The molecule has 0 N–H and O–H groups in total. The number of aliphatic carboxylic acids is 1. The molecule has 0 saturated carbocycles. The summed E-state index contributed by atoms with van der Waals surface area (Å²) in [4.78, 5) is 37.0. The van der Waals surface area contributed by atoms with Gasteiger partial charge in [0.2, 0.25) is 0 Å². The molecule has 0 spiro atoms. The summed E-state index contributed by atoms with van der Waals surface area (Å²) in [6.07, 6.45) is 49.9. The first-order chi connectivity index (χ1) is 30.1. The summed E-state index contributed by atoms with van der Waals surface area (Å²) >= 11 is 0. The Morgan fingerprint density at radius 3 is 1.00 bits per heavy atom. The van der Waals surface area contributed by atoms with E-state index in [2.05, 4.69) is 13.8 Å². The Bertz CT molecular complexity index is 982. The Morgan fingerprint density at radius 2 is 0.710 bits per heavy atom. The lowest BCUT2D eigenvalue weighted by Crippen LogP contribution is -2.55. The number of hydrogen-bond donors (Lipinski definition) is 0. The van der Waals surface area contributed by atoms with Crippen molar-refractivity contribution in [1.29, 1.82) is 0 Å². The molecule has 0 aromatic carbocycles. The minimum absolute atomic E-state index is 0.0499. The molecule has 0 rings (SSSR count). The smallest absolute Gasteiger partial charge is 0.306 e. The van der Waals surface area contributed by atoms with Crippen LogP contribution in [-0.4, -0.2) is 75.5 Å². The van der Waals surface area contributed by atoms with E-state index in [1.807, 2.05) is 21.1 Å². The van der Waals surface area contributed by atoms with E-state index in [4.69, 9.17) is 14.2 Å². The lowest BCUT2D eigenvalue weighted by molar-refractivity contribution is -0.889. The summed E-state index contributed by atoms with van der Waals surface area (Å²) < 4.78 is 17.3. The molecule has 0 heterocycles. The fourth-order valence-electron chi connectivity index (χ4n) is 8.55. The summed E-state index contributed by atoms with van der Waals surface area (Å²) in [6.45, 7) is 4.73. The third kappa shape index (κ3) is 43.6. The van der Waals surface area contributed by atoms with Crippen LogP contribution in [0.15, 0.2) is 0 Å². The SMILES string of the molecule is CCCCCCCCCCCCCCCCCCCCCCCCCC(=O)OC(COCCC(C(=O)[O-])[N+](C)(C)C)COC(=O)CCCCCCCCCCCCCCCCC. The van der Waals surface area contributed by atoms with Gasteiger partial charge in [-0.2, -0.15) is 0 Å². The predicted octanol–water partition coefficient (Wildman–Crippen LogP) is 14.3. The molecule has 8 nitrogen and oxygen atoms in total. The maximum Gasteiger partial charge on any atom is 0.306 e. The number of hydrogen-bond acceptors (Lipinski definition) is 7. The Hall–Kier alpha value is -1.67. The normalized spacial score (nSPS) is 12.7. The highest BCUT2D eigenvalue weighted by atomic mass is 16.6. The number of carbonyl (C=O) groups is 3. The molecule has 0 aliphatic carbocycles. The molecule has 0 aliphatic heterocycles. The van der Waals surface area contributed by atoms with Gasteiger partial charge in [-0.15, -0.1) is 0 Å². The number of quaternary nitrogens is 1. The molecule has 368 valence electrons. The number of rotatable bonds is 50. The van der Waals surface area contributed by atoms with Crippen LogP contribution in [0.5, 0.6) is 0 Å². The number of unbranched alkanes of at least 4 members (excludes halogenated alkanes) is 36. The number of esters is 2. The van der Waals surface area contributed by atoms with Crippen molar-refractivity contribution >= 4 is 17.9 Å². The molecule has 0 radical (unpaired) electrons. The van der Waals surface area contributed by atoms with Gasteiger partial charge in [-0.25, -0.2) is 0 Å². The number of nitrogens with zero attached hydrogens (tertiary/aromatic N) is 1. The molecule has 8 heteroatoms. The minimum Gasteiger partial charge on any atom is -0.544 e. The van der Waals surface area contributed by atoms with Crippen LogP contribution in [0.2, 0.25) is 0 Å². The van der Waals surface area contributed by atoms with E-state index >= 15 is 0 Å². The average Bonchev–Trinajstić information content (AvgIpc) is 3.23. The van der Waals surface area contributed by atoms with Gasteiger partial charge in [-0.05, 0) is 12.8 Å². The Kier molecular flexibility index (Phi) is 44.6. The molecule has 0 bridgehead atoms. The molecule has 0 aliphatic rings. The fourth-order valence-corrected chi connectivity index (χ4v) is 8.55. The highest BCUT2D eigenvalue weighted by molar-refractivity contribution is 5.70. The maximum atomic E-state index is 12.8. The number of likely N-dealkylation sites (N-methyl/N-ethyl adjacent to an activating group) is 1. The Morgan fingerprint density at radius 1 is 0.419 bits per heavy atom. The second-order valence-corrected chi connectivity index (χ2v) is 19.8. The van der Waals surface area contributed by atoms with Gasteiger partial charge in [0.05, 0.1) is 40.3 Å². The summed E-state index contributed by atoms with van der Waals surface area (Å²) in [5, 5.41) is 11.7. The molecule has 0 amide bonds. The minimum atomic E-state index is -1.12. The third-order valence-electron chi connectivity index (χ3n) is 12.7. The topological polar surface area (TPSA) is 102 Å². The highest BCUT2D eigenvalue weighted by Gasteiger charge is 2.25. The standard InChI is InChI=1S/C54H105NO7/c1-6-8-10-12-14-16-18-20-22-23-24-25-26-27-28-29-31-33-35-37-39-41-43-45-53(57)62-50(48-60-47-46-51(54(58)59)55(3,4)5)49-61-52(56)44-42-40-38-36-34-32-30-21-19-17-15-13-11-9-7-2/h50-51H,6-49H2,1-5H3. The largest absolute Gasteiger partial charge is 0.544 e. The molecule has 0 aromatic heterocycles. The summed E-state index contributed by atoms with van der Waals surface area (Å²) in [7, 11) is 5.43.